The number of halogens is 3. The van der Waals surface area contributed by atoms with Crippen molar-refractivity contribution in [3.05, 3.63) is 52.0 Å². The van der Waals surface area contributed by atoms with E-state index in [4.69, 9.17) is 9.47 Å². The Bertz CT molecular complexity index is 786. The zero-order valence-electron chi connectivity index (χ0n) is 14.4. The fourth-order valence-corrected chi connectivity index (χ4v) is 2.88. The molecule has 0 aliphatic heterocycles. The Kier molecular flexibility index (Phi) is 6.79. The summed E-state index contributed by atoms with van der Waals surface area (Å²) in [6, 6.07) is 9.22. The van der Waals surface area contributed by atoms with Crippen molar-refractivity contribution in [3.8, 4) is 17.2 Å². The summed E-state index contributed by atoms with van der Waals surface area (Å²) in [4.78, 5) is 12.4. The lowest BCUT2D eigenvalue weighted by molar-refractivity contribution is -0.0512. The molecule has 1 N–H and O–H groups in total. The third-order valence-corrected chi connectivity index (χ3v) is 4.29. The minimum absolute atomic E-state index is 0.0535. The maximum atomic E-state index is 12.4. The van der Waals surface area contributed by atoms with Crippen LogP contribution in [-0.4, -0.2) is 26.7 Å². The molecule has 2 rings (SSSR count). The topological polar surface area (TPSA) is 56.8 Å². The van der Waals surface area contributed by atoms with Crippen molar-refractivity contribution < 1.29 is 27.8 Å². The first-order valence-corrected chi connectivity index (χ1v) is 8.42. The summed E-state index contributed by atoms with van der Waals surface area (Å²) in [5.41, 5.74) is 1.14. The highest BCUT2D eigenvalue weighted by atomic mass is 79.9. The first kappa shape index (κ1) is 20.0. The van der Waals surface area contributed by atoms with E-state index in [1.807, 2.05) is 19.1 Å². The van der Waals surface area contributed by atoms with Crippen LogP contribution in [-0.2, 0) is 0 Å². The molecule has 0 saturated heterocycles. The molecule has 0 aliphatic carbocycles. The molecule has 26 heavy (non-hydrogen) atoms. The molecule has 0 heterocycles. The predicted octanol–water partition coefficient (Wildman–Crippen LogP) is 4.56. The maximum absolute atomic E-state index is 12.4. The monoisotopic (exact) mass is 429 g/mol. The zero-order chi connectivity index (χ0) is 19.3. The van der Waals surface area contributed by atoms with Crippen molar-refractivity contribution in [2.75, 3.05) is 14.2 Å². The Morgan fingerprint density at radius 2 is 1.69 bits per heavy atom. The summed E-state index contributed by atoms with van der Waals surface area (Å²) in [5.74, 6) is 0.238. The number of benzene rings is 2. The van der Waals surface area contributed by atoms with Gasteiger partial charge in [0.1, 0.15) is 5.75 Å². The van der Waals surface area contributed by atoms with E-state index in [9.17, 15) is 13.6 Å². The number of ether oxygens (including phenoxy) is 3. The second kappa shape index (κ2) is 8.84. The van der Waals surface area contributed by atoms with Gasteiger partial charge in [-0.3, -0.25) is 4.79 Å². The number of nitrogens with one attached hydrogen (secondary N) is 1. The number of rotatable bonds is 7. The molecule has 0 saturated carbocycles. The van der Waals surface area contributed by atoms with Crippen molar-refractivity contribution in [1.82, 2.24) is 5.32 Å². The van der Waals surface area contributed by atoms with E-state index in [-0.39, 0.29) is 29.0 Å². The van der Waals surface area contributed by atoms with Crippen molar-refractivity contribution in [3.63, 3.8) is 0 Å². The van der Waals surface area contributed by atoms with Gasteiger partial charge in [0, 0.05) is 5.56 Å². The molecule has 140 valence electrons. The minimum Gasteiger partial charge on any atom is -0.496 e. The normalized spacial score (nSPS) is 11.8. The number of carbonyl (C=O) groups is 1. The fourth-order valence-electron chi connectivity index (χ4n) is 2.32. The van der Waals surface area contributed by atoms with Crippen molar-refractivity contribution >= 4 is 21.8 Å². The first-order chi connectivity index (χ1) is 12.3. The van der Waals surface area contributed by atoms with Gasteiger partial charge >= 0.3 is 6.61 Å². The summed E-state index contributed by atoms with van der Waals surface area (Å²) in [5, 5.41) is 2.84. The van der Waals surface area contributed by atoms with Crippen molar-refractivity contribution in [2.24, 2.45) is 0 Å². The number of methoxy groups -OCH3 is 2. The molecule has 0 aliphatic rings. The number of carbonyl (C=O) groups excluding carboxylic acids is 1. The van der Waals surface area contributed by atoms with Gasteiger partial charge in [-0.25, -0.2) is 0 Å². The summed E-state index contributed by atoms with van der Waals surface area (Å²) in [6.45, 7) is -1.14. The van der Waals surface area contributed by atoms with Gasteiger partial charge in [-0.1, -0.05) is 6.07 Å². The Morgan fingerprint density at radius 3 is 2.27 bits per heavy atom. The smallest absolute Gasteiger partial charge is 0.387 e. The summed E-state index contributed by atoms with van der Waals surface area (Å²) in [7, 11) is 2.88. The van der Waals surface area contributed by atoms with E-state index >= 15 is 0 Å². The van der Waals surface area contributed by atoms with Gasteiger partial charge in [0.2, 0.25) is 0 Å². The van der Waals surface area contributed by atoms with Crippen LogP contribution in [0.25, 0.3) is 0 Å². The third kappa shape index (κ3) is 4.85. The van der Waals surface area contributed by atoms with Gasteiger partial charge in [-0.05, 0) is 58.7 Å². The van der Waals surface area contributed by atoms with E-state index in [0.717, 1.165) is 10.0 Å². The molecule has 5 nitrogen and oxygen atoms in total. The summed E-state index contributed by atoms with van der Waals surface area (Å²) >= 11 is 3.40. The molecular formula is C18H18BrF2NO4. The largest absolute Gasteiger partial charge is 0.496 e. The molecule has 1 atom stereocenters. The highest BCUT2D eigenvalue weighted by molar-refractivity contribution is 9.10. The average molecular weight is 430 g/mol. The van der Waals surface area contributed by atoms with Crippen LogP contribution in [0.1, 0.15) is 28.9 Å². The van der Waals surface area contributed by atoms with Gasteiger partial charge in [-0.2, -0.15) is 8.78 Å². The van der Waals surface area contributed by atoms with E-state index in [1.165, 1.54) is 25.3 Å². The standard InChI is InChI=1S/C18H18BrF2NO4/c1-10(11-4-6-14(24-2)13(19)8-11)22-17(23)12-5-7-15(26-18(20)21)16(9-12)25-3/h4-10,18H,1-3H3,(H,22,23). The van der Waals surface area contributed by atoms with Crippen molar-refractivity contribution in [2.45, 2.75) is 19.6 Å². The van der Waals surface area contributed by atoms with E-state index in [0.29, 0.717) is 5.75 Å². The van der Waals surface area contributed by atoms with Crippen LogP contribution in [0.3, 0.4) is 0 Å². The second-order valence-electron chi connectivity index (χ2n) is 5.33. The first-order valence-electron chi connectivity index (χ1n) is 7.62. The third-order valence-electron chi connectivity index (χ3n) is 3.67. The number of hydrogen-bond acceptors (Lipinski definition) is 4. The maximum Gasteiger partial charge on any atom is 0.387 e. The van der Waals surface area contributed by atoms with E-state index < -0.39 is 6.61 Å². The molecule has 0 spiro atoms. The SMILES string of the molecule is COc1ccc(C(C)NC(=O)c2ccc(OC(F)F)c(OC)c2)cc1Br. The molecule has 1 unspecified atom stereocenters. The van der Waals surface area contributed by atoms with Crippen LogP contribution in [0.15, 0.2) is 40.9 Å². The van der Waals surface area contributed by atoms with Gasteiger partial charge in [-0.15, -0.1) is 0 Å². The van der Waals surface area contributed by atoms with Gasteiger partial charge < -0.3 is 19.5 Å². The lowest BCUT2D eigenvalue weighted by Gasteiger charge is -2.16. The van der Waals surface area contributed by atoms with Crippen LogP contribution in [0.4, 0.5) is 8.78 Å². The molecule has 0 fully saturated rings. The Balaban J connectivity index is 2.15. The lowest BCUT2D eigenvalue weighted by Crippen LogP contribution is -2.26. The molecule has 0 radical (unpaired) electrons. The Hall–Kier alpha value is -2.35. The van der Waals surface area contributed by atoms with Gasteiger partial charge in [0.25, 0.3) is 5.91 Å². The highest BCUT2D eigenvalue weighted by Crippen LogP contribution is 2.30. The fraction of sp³-hybridized carbons (Fsp3) is 0.278. The number of amides is 1. The Morgan fingerprint density at radius 1 is 1.04 bits per heavy atom. The Labute approximate surface area is 158 Å². The molecule has 8 heteroatoms. The van der Waals surface area contributed by atoms with Crippen LogP contribution >= 0.6 is 15.9 Å². The zero-order valence-corrected chi connectivity index (χ0v) is 16.0. The van der Waals surface area contributed by atoms with Crippen LogP contribution in [0.2, 0.25) is 0 Å². The highest BCUT2D eigenvalue weighted by Gasteiger charge is 2.16. The molecule has 0 bridgehead atoms. The number of hydrogen-bond donors (Lipinski definition) is 1. The van der Waals surface area contributed by atoms with E-state index in [2.05, 4.69) is 26.0 Å². The van der Waals surface area contributed by atoms with Crippen LogP contribution in [0, 0.1) is 0 Å². The molecular weight excluding hydrogens is 412 g/mol. The van der Waals surface area contributed by atoms with Crippen LogP contribution < -0.4 is 19.5 Å². The lowest BCUT2D eigenvalue weighted by atomic mass is 10.1. The van der Waals surface area contributed by atoms with Crippen LogP contribution in [0.5, 0.6) is 17.2 Å². The minimum atomic E-state index is -2.97. The van der Waals surface area contributed by atoms with Gasteiger partial charge in [0.15, 0.2) is 11.5 Å². The van der Waals surface area contributed by atoms with E-state index in [1.54, 1.807) is 13.2 Å². The molecule has 2 aromatic rings. The van der Waals surface area contributed by atoms with Gasteiger partial charge in [0.05, 0.1) is 24.7 Å². The molecule has 2 aromatic carbocycles. The van der Waals surface area contributed by atoms with Crippen molar-refractivity contribution in [1.29, 1.82) is 0 Å². The summed E-state index contributed by atoms with van der Waals surface area (Å²) in [6.07, 6.45) is 0. The average Bonchev–Trinajstić information content (AvgIpc) is 2.61. The second-order valence-corrected chi connectivity index (χ2v) is 6.19. The predicted molar refractivity (Wildman–Crippen MR) is 96.2 cm³/mol. The number of alkyl halides is 2. The molecule has 1 amide bonds. The summed E-state index contributed by atoms with van der Waals surface area (Å²) < 4.78 is 40.1. The molecule has 0 aromatic heterocycles. The quantitative estimate of drug-likeness (QED) is 0.700.